The van der Waals surface area contributed by atoms with Crippen LogP contribution in [0.4, 0.5) is 0 Å². The summed E-state index contributed by atoms with van der Waals surface area (Å²) in [6, 6.07) is 0. The maximum Gasteiger partial charge on any atom is 0.162 e. The van der Waals surface area contributed by atoms with Crippen LogP contribution in [0.2, 0.25) is 0 Å². The number of carbonyl (C=O) groups is 1. The third-order valence-corrected chi connectivity index (χ3v) is 2.22. The fourth-order valence-corrected chi connectivity index (χ4v) is 1.71. The minimum Gasteiger partial charge on any atom is -0.367 e. The van der Waals surface area contributed by atoms with Crippen molar-refractivity contribution in [3.8, 4) is 0 Å². The molecule has 1 aliphatic heterocycles. The Morgan fingerprint density at radius 3 is 2.89 bits per heavy atom. The number of fused-ring (bicyclic) bond motifs is 1. The normalized spacial score (nSPS) is 48.6. The summed E-state index contributed by atoms with van der Waals surface area (Å²) in [5.74, 6) is 0.886. The van der Waals surface area contributed by atoms with Gasteiger partial charge in [-0.1, -0.05) is 0 Å². The van der Waals surface area contributed by atoms with Crippen molar-refractivity contribution in [3.63, 3.8) is 0 Å². The van der Waals surface area contributed by atoms with E-state index in [0.717, 1.165) is 12.8 Å². The Balaban J connectivity index is 2.08. The van der Waals surface area contributed by atoms with Gasteiger partial charge in [0.05, 0.1) is 6.10 Å². The highest BCUT2D eigenvalue weighted by atomic mass is 16.5. The van der Waals surface area contributed by atoms with E-state index < -0.39 is 0 Å². The monoisotopic (exact) mass is 126 g/mol. The van der Waals surface area contributed by atoms with Gasteiger partial charge in [0.2, 0.25) is 0 Å². The first-order valence-corrected chi connectivity index (χ1v) is 3.45. The molecule has 0 amide bonds. The molecular weight excluding hydrogens is 116 g/mol. The first-order valence-electron chi connectivity index (χ1n) is 3.45. The van der Waals surface area contributed by atoms with E-state index >= 15 is 0 Å². The van der Waals surface area contributed by atoms with Crippen LogP contribution >= 0.6 is 0 Å². The summed E-state index contributed by atoms with van der Waals surface area (Å²) < 4.78 is 5.32. The van der Waals surface area contributed by atoms with Gasteiger partial charge in [0.15, 0.2) is 5.78 Å². The SMILES string of the molecule is C[C@@H]1C[C@H]2CC(=O)[C@H]2O1. The van der Waals surface area contributed by atoms with Gasteiger partial charge < -0.3 is 4.74 Å². The Morgan fingerprint density at radius 2 is 2.44 bits per heavy atom. The second-order valence-corrected chi connectivity index (χ2v) is 3.03. The van der Waals surface area contributed by atoms with Crippen LogP contribution in [-0.2, 0) is 9.53 Å². The molecule has 50 valence electrons. The zero-order chi connectivity index (χ0) is 6.43. The first kappa shape index (κ1) is 5.42. The molecule has 3 atom stereocenters. The van der Waals surface area contributed by atoms with E-state index in [0.29, 0.717) is 17.8 Å². The molecule has 0 unspecified atom stereocenters. The highest BCUT2D eigenvalue weighted by Gasteiger charge is 2.46. The van der Waals surface area contributed by atoms with Gasteiger partial charge in [-0.25, -0.2) is 0 Å². The lowest BCUT2D eigenvalue weighted by atomic mass is 9.80. The summed E-state index contributed by atoms with van der Waals surface area (Å²) in [6.45, 7) is 2.03. The number of hydrogen-bond donors (Lipinski definition) is 0. The number of carbonyl (C=O) groups excluding carboxylic acids is 1. The summed E-state index contributed by atoms with van der Waals surface area (Å²) in [4.78, 5) is 10.7. The van der Waals surface area contributed by atoms with Crippen molar-refractivity contribution in [2.24, 2.45) is 5.92 Å². The van der Waals surface area contributed by atoms with E-state index in [9.17, 15) is 4.79 Å². The minimum absolute atomic E-state index is 0.000000000000000222. The molecule has 2 heteroatoms. The number of rotatable bonds is 0. The smallest absolute Gasteiger partial charge is 0.162 e. The lowest BCUT2D eigenvalue weighted by Crippen LogP contribution is -2.39. The van der Waals surface area contributed by atoms with E-state index in [-0.39, 0.29) is 6.10 Å². The zero-order valence-corrected chi connectivity index (χ0v) is 5.46. The average Bonchev–Trinajstić information content (AvgIpc) is 2.08. The van der Waals surface area contributed by atoms with Crippen LogP contribution in [-0.4, -0.2) is 18.0 Å². The van der Waals surface area contributed by atoms with Gasteiger partial charge in [-0.3, -0.25) is 4.79 Å². The molecule has 0 aromatic carbocycles. The van der Waals surface area contributed by atoms with Gasteiger partial charge in [-0.15, -0.1) is 0 Å². The van der Waals surface area contributed by atoms with Crippen molar-refractivity contribution in [1.29, 1.82) is 0 Å². The van der Waals surface area contributed by atoms with Crippen LogP contribution in [0.15, 0.2) is 0 Å². The van der Waals surface area contributed by atoms with Gasteiger partial charge in [0.1, 0.15) is 6.10 Å². The Kier molecular flexibility index (Phi) is 0.943. The van der Waals surface area contributed by atoms with E-state index in [1.165, 1.54) is 0 Å². The average molecular weight is 126 g/mol. The summed E-state index contributed by atoms with van der Waals surface area (Å²) in [5, 5.41) is 0. The third kappa shape index (κ3) is 0.628. The van der Waals surface area contributed by atoms with E-state index in [4.69, 9.17) is 4.74 Å². The molecule has 2 nitrogen and oxygen atoms in total. The standard InChI is InChI=1S/C7H10O2/c1-4-2-5-3-6(8)7(5)9-4/h4-5,7H,2-3H2,1H3/t4-,5+,7+/m1/s1. The molecular formula is C7H10O2. The quantitative estimate of drug-likeness (QED) is 0.479. The van der Waals surface area contributed by atoms with Gasteiger partial charge in [-0.05, 0) is 13.3 Å². The van der Waals surface area contributed by atoms with Crippen LogP contribution in [0.5, 0.6) is 0 Å². The Labute approximate surface area is 54.2 Å². The summed E-state index contributed by atoms with van der Waals surface area (Å²) in [5.41, 5.74) is 0. The summed E-state index contributed by atoms with van der Waals surface area (Å²) in [6.07, 6.45) is 2.19. The molecule has 0 bridgehead atoms. The first-order chi connectivity index (χ1) is 4.27. The maximum absolute atomic E-state index is 10.7. The molecule has 0 spiro atoms. The van der Waals surface area contributed by atoms with Crippen molar-refractivity contribution in [2.75, 3.05) is 0 Å². The summed E-state index contributed by atoms with van der Waals surface area (Å²) >= 11 is 0. The van der Waals surface area contributed by atoms with Crippen LogP contribution in [0.3, 0.4) is 0 Å². The lowest BCUT2D eigenvalue weighted by Gasteiger charge is -2.25. The number of hydrogen-bond acceptors (Lipinski definition) is 2. The van der Waals surface area contributed by atoms with Crippen molar-refractivity contribution >= 4 is 5.78 Å². The molecule has 0 aromatic rings. The molecule has 0 radical (unpaired) electrons. The minimum atomic E-state index is -0.000000000000000222. The van der Waals surface area contributed by atoms with Crippen molar-refractivity contribution < 1.29 is 9.53 Å². The molecule has 1 aliphatic carbocycles. The predicted octanol–water partition coefficient (Wildman–Crippen LogP) is 0.753. The highest BCUT2D eigenvalue weighted by Crippen LogP contribution is 2.38. The van der Waals surface area contributed by atoms with Gasteiger partial charge in [0, 0.05) is 12.3 Å². The Bertz CT molecular complexity index is 153. The molecule has 1 heterocycles. The van der Waals surface area contributed by atoms with Gasteiger partial charge >= 0.3 is 0 Å². The van der Waals surface area contributed by atoms with Gasteiger partial charge in [0.25, 0.3) is 0 Å². The molecule has 2 aliphatic rings. The Hall–Kier alpha value is -0.370. The number of Topliss-reactive ketones (excluding diaryl/α,β-unsaturated/α-hetero) is 1. The van der Waals surface area contributed by atoms with Crippen molar-refractivity contribution in [3.05, 3.63) is 0 Å². The van der Waals surface area contributed by atoms with Crippen molar-refractivity contribution in [2.45, 2.75) is 32.0 Å². The highest BCUT2D eigenvalue weighted by molar-refractivity contribution is 5.90. The third-order valence-electron chi connectivity index (χ3n) is 2.22. The lowest BCUT2D eigenvalue weighted by molar-refractivity contribution is -0.141. The molecule has 2 rings (SSSR count). The van der Waals surface area contributed by atoms with Crippen LogP contribution in [0.25, 0.3) is 0 Å². The molecule has 1 saturated heterocycles. The molecule has 9 heavy (non-hydrogen) atoms. The van der Waals surface area contributed by atoms with Crippen LogP contribution in [0, 0.1) is 5.92 Å². The number of ketones is 1. The van der Waals surface area contributed by atoms with E-state index in [2.05, 4.69) is 0 Å². The van der Waals surface area contributed by atoms with E-state index in [1.54, 1.807) is 0 Å². The van der Waals surface area contributed by atoms with Gasteiger partial charge in [-0.2, -0.15) is 0 Å². The fourth-order valence-electron chi connectivity index (χ4n) is 1.71. The zero-order valence-electron chi connectivity index (χ0n) is 5.46. The number of ether oxygens (including phenoxy) is 1. The second-order valence-electron chi connectivity index (χ2n) is 3.03. The van der Waals surface area contributed by atoms with Crippen molar-refractivity contribution in [1.82, 2.24) is 0 Å². The molecule has 0 N–H and O–H groups in total. The largest absolute Gasteiger partial charge is 0.367 e. The van der Waals surface area contributed by atoms with Crippen LogP contribution < -0.4 is 0 Å². The fraction of sp³-hybridized carbons (Fsp3) is 0.857. The summed E-state index contributed by atoms with van der Waals surface area (Å²) in [7, 11) is 0. The van der Waals surface area contributed by atoms with Crippen LogP contribution in [0.1, 0.15) is 19.8 Å². The predicted molar refractivity (Wildman–Crippen MR) is 32.1 cm³/mol. The van der Waals surface area contributed by atoms with E-state index in [1.807, 2.05) is 6.92 Å². The maximum atomic E-state index is 10.7. The molecule has 2 fully saturated rings. The Morgan fingerprint density at radius 1 is 1.67 bits per heavy atom. The second kappa shape index (κ2) is 1.57. The topological polar surface area (TPSA) is 26.3 Å². The molecule has 1 saturated carbocycles. The molecule has 0 aromatic heterocycles.